The number of aromatic nitrogens is 3. The lowest BCUT2D eigenvalue weighted by atomic mass is 10.1. The largest absolute Gasteiger partial charge is 0.308 e. The number of nitrogens with zero attached hydrogens (tertiary/aromatic N) is 4. The monoisotopic (exact) mass is 267 g/mol. The van der Waals surface area contributed by atoms with Gasteiger partial charge in [0.1, 0.15) is 11.6 Å². The van der Waals surface area contributed by atoms with E-state index in [9.17, 15) is 0 Å². The zero-order valence-corrected chi connectivity index (χ0v) is 11.5. The highest BCUT2D eigenvalue weighted by atomic mass is 15.4. The summed E-state index contributed by atoms with van der Waals surface area (Å²) in [5.74, 6) is 1.95. The summed E-state index contributed by atoms with van der Waals surface area (Å²) in [4.78, 5) is 4.42. The number of nitriles is 1. The minimum atomic E-state index is 0.430. The molecule has 1 unspecified atom stereocenters. The molecular weight excluding hydrogens is 250 g/mol. The van der Waals surface area contributed by atoms with Crippen LogP contribution in [0.2, 0.25) is 0 Å². The third-order valence-electron chi connectivity index (χ3n) is 3.64. The van der Waals surface area contributed by atoms with Gasteiger partial charge in [-0.15, -0.1) is 0 Å². The first-order valence-corrected chi connectivity index (χ1v) is 6.87. The van der Waals surface area contributed by atoms with E-state index in [0.717, 1.165) is 37.6 Å². The molecule has 0 saturated heterocycles. The van der Waals surface area contributed by atoms with Crippen molar-refractivity contribution in [2.75, 3.05) is 0 Å². The van der Waals surface area contributed by atoms with Crippen molar-refractivity contribution < 1.29 is 0 Å². The van der Waals surface area contributed by atoms with Gasteiger partial charge in [-0.05, 0) is 31.0 Å². The molecule has 0 spiro atoms. The predicted octanol–water partition coefficient (Wildman–Crippen LogP) is 1.56. The molecule has 1 aliphatic rings. The van der Waals surface area contributed by atoms with Crippen LogP contribution in [0.15, 0.2) is 24.3 Å². The fourth-order valence-electron chi connectivity index (χ4n) is 2.56. The smallest absolute Gasteiger partial charge is 0.147 e. The predicted molar refractivity (Wildman–Crippen MR) is 74.9 cm³/mol. The standard InChI is InChI=1S/C15H17N5/c1-11-18-15-7-6-14(10-20(15)19-11)17-9-13-4-2-12(8-16)3-5-13/h2-5,14,17H,6-7,9-10H2,1H3. The van der Waals surface area contributed by atoms with E-state index in [1.54, 1.807) is 0 Å². The zero-order chi connectivity index (χ0) is 13.9. The molecule has 1 aliphatic heterocycles. The van der Waals surface area contributed by atoms with Gasteiger partial charge >= 0.3 is 0 Å². The Balaban J connectivity index is 1.58. The van der Waals surface area contributed by atoms with Crippen molar-refractivity contribution in [2.45, 2.75) is 38.9 Å². The van der Waals surface area contributed by atoms with Crippen LogP contribution in [0.3, 0.4) is 0 Å². The molecule has 3 rings (SSSR count). The maximum Gasteiger partial charge on any atom is 0.147 e. The number of hydrogen-bond acceptors (Lipinski definition) is 4. The Kier molecular flexibility index (Phi) is 3.48. The number of aryl methyl sites for hydroxylation is 2. The highest BCUT2D eigenvalue weighted by Gasteiger charge is 2.20. The van der Waals surface area contributed by atoms with E-state index in [1.165, 1.54) is 5.56 Å². The van der Waals surface area contributed by atoms with Crippen LogP contribution in [0.4, 0.5) is 0 Å². The second-order valence-corrected chi connectivity index (χ2v) is 5.18. The molecule has 5 heteroatoms. The molecular formula is C15H17N5. The fourth-order valence-corrected chi connectivity index (χ4v) is 2.56. The van der Waals surface area contributed by atoms with E-state index < -0.39 is 0 Å². The highest BCUT2D eigenvalue weighted by Crippen LogP contribution is 2.13. The number of nitrogens with one attached hydrogen (secondary N) is 1. The summed E-state index contributed by atoms with van der Waals surface area (Å²) in [7, 11) is 0. The van der Waals surface area contributed by atoms with E-state index >= 15 is 0 Å². The van der Waals surface area contributed by atoms with E-state index in [0.29, 0.717) is 11.6 Å². The third-order valence-corrected chi connectivity index (χ3v) is 3.64. The van der Waals surface area contributed by atoms with Crippen molar-refractivity contribution >= 4 is 0 Å². The average molecular weight is 267 g/mol. The van der Waals surface area contributed by atoms with Gasteiger partial charge in [-0.2, -0.15) is 10.4 Å². The Morgan fingerprint density at radius 3 is 2.95 bits per heavy atom. The van der Waals surface area contributed by atoms with Crippen LogP contribution in [0.25, 0.3) is 0 Å². The molecule has 0 aliphatic carbocycles. The Hall–Kier alpha value is -2.19. The van der Waals surface area contributed by atoms with Crippen LogP contribution in [-0.2, 0) is 19.5 Å². The quantitative estimate of drug-likeness (QED) is 0.916. The first kappa shape index (κ1) is 12.8. The van der Waals surface area contributed by atoms with E-state index in [1.807, 2.05) is 35.9 Å². The molecule has 20 heavy (non-hydrogen) atoms. The topological polar surface area (TPSA) is 66.5 Å². The van der Waals surface area contributed by atoms with Gasteiger partial charge in [-0.3, -0.25) is 0 Å². The summed E-state index contributed by atoms with van der Waals surface area (Å²) in [6.07, 6.45) is 2.07. The molecule has 1 N–H and O–H groups in total. The van der Waals surface area contributed by atoms with Gasteiger partial charge < -0.3 is 5.32 Å². The summed E-state index contributed by atoms with van der Waals surface area (Å²) in [6, 6.07) is 10.3. The van der Waals surface area contributed by atoms with E-state index in [2.05, 4.69) is 21.5 Å². The molecule has 0 fully saturated rings. The van der Waals surface area contributed by atoms with Crippen molar-refractivity contribution in [2.24, 2.45) is 0 Å². The summed E-state index contributed by atoms with van der Waals surface area (Å²) in [6.45, 7) is 3.64. The first-order chi connectivity index (χ1) is 9.74. The number of rotatable bonds is 3. The Morgan fingerprint density at radius 2 is 2.20 bits per heavy atom. The average Bonchev–Trinajstić information content (AvgIpc) is 2.85. The Bertz CT molecular complexity index is 635. The molecule has 0 bridgehead atoms. The van der Waals surface area contributed by atoms with Crippen molar-refractivity contribution in [3.8, 4) is 6.07 Å². The van der Waals surface area contributed by atoms with Crippen molar-refractivity contribution in [1.82, 2.24) is 20.1 Å². The van der Waals surface area contributed by atoms with Gasteiger partial charge in [-0.25, -0.2) is 9.67 Å². The summed E-state index contributed by atoms with van der Waals surface area (Å²) in [5, 5.41) is 16.7. The number of hydrogen-bond donors (Lipinski definition) is 1. The molecule has 5 nitrogen and oxygen atoms in total. The van der Waals surface area contributed by atoms with Crippen molar-refractivity contribution in [3.05, 3.63) is 47.0 Å². The summed E-state index contributed by atoms with van der Waals surface area (Å²) < 4.78 is 2.01. The third kappa shape index (κ3) is 2.70. The fraction of sp³-hybridized carbons (Fsp3) is 0.400. The van der Waals surface area contributed by atoms with Gasteiger partial charge in [0, 0.05) is 19.0 Å². The second-order valence-electron chi connectivity index (χ2n) is 5.18. The zero-order valence-electron chi connectivity index (χ0n) is 11.5. The van der Waals surface area contributed by atoms with Crippen LogP contribution in [0, 0.1) is 18.3 Å². The highest BCUT2D eigenvalue weighted by molar-refractivity contribution is 5.31. The minimum Gasteiger partial charge on any atom is -0.308 e. The second kappa shape index (κ2) is 5.43. The van der Waals surface area contributed by atoms with Crippen LogP contribution < -0.4 is 5.32 Å². The Labute approximate surface area is 118 Å². The molecule has 1 aromatic heterocycles. The molecule has 1 atom stereocenters. The molecule has 102 valence electrons. The lowest BCUT2D eigenvalue weighted by Crippen LogP contribution is -2.37. The molecule has 0 amide bonds. The van der Waals surface area contributed by atoms with Gasteiger partial charge in [0.15, 0.2) is 0 Å². The SMILES string of the molecule is Cc1nc2n(n1)CC(NCc1ccc(C#N)cc1)CC2. The Morgan fingerprint density at radius 1 is 1.40 bits per heavy atom. The lowest BCUT2D eigenvalue weighted by Gasteiger charge is -2.23. The number of fused-ring (bicyclic) bond motifs is 1. The van der Waals surface area contributed by atoms with Crippen LogP contribution in [0.1, 0.15) is 29.2 Å². The van der Waals surface area contributed by atoms with Gasteiger partial charge in [0.25, 0.3) is 0 Å². The van der Waals surface area contributed by atoms with Crippen LogP contribution >= 0.6 is 0 Å². The molecule has 2 aromatic rings. The molecule has 2 heterocycles. The lowest BCUT2D eigenvalue weighted by molar-refractivity contribution is 0.357. The maximum absolute atomic E-state index is 8.78. The summed E-state index contributed by atoms with van der Waals surface area (Å²) >= 11 is 0. The molecule has 0 radical (unpaired) electrons. The number of benzene rings is 1. The van der Waals surface area contributed by atoms with E-state index in [4.69, 9.17) is 5.26 Å². The van der Waals surface area contributed by atoms with Crippen LogP contribution in [0.5, 0.6) is 0 Å². The van der Waals surface area contributed by atoms with Crippen LogP contribution in [-0.4, -0.2) is 20.8 Å². The van der Waals surface area contributed by atoms with Crippen molar-refractivity contribution in [3.63, 3.8) is 0 Å². The van der Waals surface area contributed by atoms with Gasteiger partial charge in [-0.1, -0.05) is 12.1 Å². The van der Waals surface area contributed by atoms with Gasteiger partial charge in [0.05, 0.1) is 18.2 Å². The first-order valence-electron chi connectivity index (χ1n) is 6.87. The van der Waals surface area contributed by atoms with Crippen molar-refractivity contribution in [1.29, 1.82) is 5.26 Å². The van der Waals surface area contributed by atoms with Gasteiger partial charge in [0.2, 0.25) is 0 Å². The summed E-state index contributed by atoms with van der Waals surface area (Å²) in [5.41, 5.74) is 1.90. The maximum atomic E-state index is 8.78. The minimum absolute atomic E-state index is 0.430. The normalized spacial score (nSPS) is 17.5. The molecule has 0 saturated carbocycles. The van der Waals surface area contributed by atoms with E-state index in [-0.39, 0.29) is 0 Å². The molecule has 1 aromatic carbocycles.